The Morgan fingerprint density at radius 2 is 2.35 bits per heavy atom. The average Bonchev–Trinajstić information content (AvgIpc) is 2.50. The number of carbonyl (C=O) groups excluding carboxylic acids is 1. The Morgan fingerprint density at radius 1 is 1.50 bits per heavy atom. The Bertz CT molecular complexity index is 546. The second-order valence-corrected chi connectivity index (χ2v) is 7.67. The van der Waals surface area contributed by atoms with E-state index in [2.05, 4.69) is 11.0 Å². The Balaban J connectivity index is 1.81. The predicted molar refractivity (Wildman–Crippen MR) is 71.8 cm³/mol. The number of piperidine rings is 1. The first-order valence-electron chi connectivity index (χ1n) is 7.89. The Morgan fingerprint density at radius 3 is 3.20 bits per heavy atom. The normalized spacial score (nSPS) is 59.5. The minimum Gasteiger partial charge on any atom is -0.462 e. The summed E-state index contributed by atoms with van der Waals surface area (Å²) in [5.74, 6) is 0.254. The van der Waals surface area contributed by atoms with E-state index in [-0.39, 0.29) is 23.5 Å². The van der Waals surface area contributed by atoms with Gasteiger partial charge in [-0.05, 0) is 39.2 Å². The number of fused-ring (bicyclic) bond motifs is 2. The fourth-order valence-corrected chi connectivity index (χ4v) is 6.40. The van der Waals surface area contributed by atoms with E-state index in [4.69, 9.17) is 4.74 Å². The molecule has 1 unspecified atom stereocenters. The van der Waals surface area contributed by atoms with Crippen molar-refractivity contribution in [3.63, 3.8) is 0 Å². The summed E-state index contributed by atoms with van der Waals surface area (Å²) in [7, 11) is 0. The zero-order valence-electron chi connectivity index (χ0n) is 11.8. The minimum absolute atomic E-state index is 0.0228. The summed E-state index contributed by atoms with van der Waals surface area (Å²) in [6.07, 6.45) is 7.98. The summed E-state index contributed by atoms with van der Waals surface area (Å²) >= 11 is 0. The van der Waals surface area contributed by atoms with E-state index in [1.807, 2.05) is 13.0 Å². The lowest BCUT2D eigenvalue weighted by Gasteiger charge is -2.63. The van der Waals surface area contributed by atoms with Crippen LogP contribution in [0.2, 0.25) is 0 Å². The lowest BCUT2D eigenvalue weighted by molar-refractivity contribution is -0.221. The first-order valence-corrected chi connectivity index (χ1v) is 7.89. The van der Waals surface area contributed by atoms with Crippen molar-refractivity contribution >= 4 is 5.97 Å². The van der Waals surface area contributed by atoms with E-state index in [0.29, 0.717) is 5.92 Å². The van der Waals surface area contributed by atoms with Gasteiger partial charge in [0.1, 0.15) is 11.7 Å². The molecule has 0 radical (unpaired) electrons. The summed E-state index contributed by atoms with van der Waals surface area (Å²) in [6.45, 7) is 3.96. The Labute approximate surface area is 118 Å². The van der Waals surface area contributed by atoms with E-state index >= 15 is 0 Å². The maximum Gasteiger partial charge on any atom is 0.312 e. The average molecular weight is 275 g/mol. The Kier molecular flexibility index (Phi) is 1.85. The van der Waals surface area contributed by atoms with Crippen LogP contribution in [0.3, 0.4) is 0 Å². The topological polar surface area (TPSA) is 49.8 Å². The number of esters is 1. The van der Waals surface area contributed by atoms with Gasteiger partial charge in [-0.15, -0.1) is 0 Å². The van der Waals surface area contributed by atoms with Crippen LogP contribution >= 0.6 is 0 Å². The van der Waals surface area contributed by atoms with Gasteiger partial charge in [0.25, 0.3) is 0 Å². The van der Waals surface area contributed by atoms with Crippen molar-refractivity contribution in [2.45, 2.75) is 49.9 Å². The quantitative estimate of drug-likeness (QED) is 0.531. The number of rotatable bonds is 0. The first-order chi connectivity index (χ1) is 9.52. The third kappa shape index (κ3) is 0.933. The van der Waals surface area contributed by atoms with Crippen LogP contribution in [-0.4, -0.2) is 46.3 Å². The molecule has 2 saturated carbocycles. The van der Waals surface area contributed by atoms with Crippen molar-refractivity contribution in [1.29, 1.82) is 0 Å². The molecule has 4 fully saturated rings. The number of aliphatic hydroxyl groups is 1. The maximum absolute atomic E-state index is 12.5. The van der Waals surface area contributed by atoms with Crippen LogP contribution in [0.1, 0.15) is 32.6 Å². The summed E-state index contributed by atoms with van der Waals surface area (Å²) in [4.78, 5) is 15.0. The second kappa shape index (κ2) is 3.14. The molecule has 0 amide bonds. The highest BCUT2D eigenvalue weighted by molar-refractivity contribution is 5.80. The molecule has 108 valence electrons. The molecule has 4 nitrogen and oxygen atoms in total. The van der Waals surface area contributed by atoms with Crippen molar-refractivity contribution in [3.8, 4) is 0 Å². The monoisotopic (exact) mass is 275 g/mol. The van der Waals surface area contributed by atoms with Crippen LogP contribution in [0.4, 0.5) is 0 Å². The number of carbonyl (C=O) groups is 1. The number of hydrogen-bond acceptors (Lipinski definition) is 4. The van der Waals surface area contributed by atoms with E-state index in [9.17, 15) is 9.90 Å². The van der Waals surface area contributed by atoms with Gasteiger partial charge in [0, 0.05) is 18.4 Å². The molecule has 0 aromatic rings. The van der Waals surface area contributed by atoms with Crippen molar-refractivity contribution in [2.24, 2.45) is 17.3 Å². The van der Waals surface area contributed by atoms with Gasteiger partial charge in [0.15, 0.2) is 0 Å². The number of ether oxygens (including phenoxy) is 1. The van der Waals surface area contributed by atoms with Crippen LogP contribution in [0.25, 0.3) is 0 Å². The highest BCUT2D eigenvalue weighted by Gasteiger charge is 2.80. The molecule has 3 heterocycles. The zero-order chi connectivity index (χ0) is 13.8. The molecule has 5 aliphatic rings. The molecule has 1 spiro atoms. The molecule has 1 N–H and O–H groups in total. The van der Waals surface area contributed by atoms with Crippen LogP contribution in [0.5, 0.6) is 0 Å². The van der Waals surface area contributed by atoms with Crippen molar-refractivity contribution in [2.75, 3.05) is 13.1 Å². The predicted octanol–water partition coefficient (Wildman–Crippen LogP) is 1.09. The van der Waals surface area contributed by atoms with Crippen LogP contribution < -0.4 is 0 Å². The van der Waals surface area contributed by atoms with Gasteiger partial charge < -0.3 is 9.84 Å². The fraction of sp³-hybridized carbons (Fsp3) is 0.812. The first kappa shape index (κ1) is 11.8. The van der Waals surface area contributed by atoms with Gasteiger partial charge >= 0.3 is 5.97 Å². The molecule has 5 rings (SSSR count). The van der Waals surface area contributed by atoms with Gasteiger partial charge in [-0.3, -0.25) is 9.69 Å². The molecule has 2 saturated heterocycles. The highest BCUT2D eigenvalue weighted by atomic mass is 16.5. The van der Waals surface area contributed by atoms with Crippen LogP contribution in [-0.2, 0) is 9.53 Å². The third-order valence-corrected chi connectivity index (χ3v) is 7.09. The SMILES string of the molecule is CC12C[C@@]34[C@@H]5CCCN3CC=C[C@]4(O)[C@@H]1C[C@H]5OC2=O. The number of hydrogen-bond donors (Lipinski definition) is 1. The Hall–Kier alpha value is -0.870. The van der Waals surface area contributed by atoms with E-state index < -0.39 is 11.0 Å². The third-order valence-electron chi connectivity index (χ3n) is 7.09. The van der Waals surface area contributed by atoms with Gasteiger partial charge in [0.05, 0.1) is 11.0 Å². The van der Waals surface area contributed by atoms with E-state index in [1.54, 1.807) is 0 Å². The van der Waals surface area contributed by atoms with Crippen LogP contribution in [0, 0.1) is 17.3 Å². The molecule has 4 heteroatoms. The lowest BCUT2D eigenvalue weighted by atomic mass is 9.56. The lowest BCUT2D eigenvalue weighted by Crippen LogP contribution is -2.74. The highest BCUT2D eigenvalue weighted by Crippen LogP contribution is 2.70. The smallest absolute Gasteiger partial charge is 0.312 e. The van der Waals surface area contributed by atoms with E-state index in [1.165, 1.54) is 0 Å². The molecule has 3 bridgehead atoms. The van der Waals surface area contributed by atoms with E-state index in [0.717, 1.165) is 38.8 Å². The minimum atomic E-state index is -0.832. The summed E-state index contributed by atoms with van der Waals surface area (Å²) in [5.41, 5.74) is -1.60. The molecule has 20 heavy (non-hydrogen) atoms. The summed E-state index contributed by atoms with van der Waals surface area (Å²) in [6, 6.07) is 0. The fourth-order valence-electron chi connectivity index (χ4n) is 6.40. The summed E-state index contributed by atoms with van der Waals surface area (Å²) in [5, 5.41) is 11.6. The van der Waals surface area contributed by atoms with Gasteiger partial charge in [-0.2, -0.15) is 0 Å². The van der Waals surface area contributed by atoms with Crippen LogP contribution in [0.15, 0.2) is 12.2 Å². The van der Waals surface area contributed by atoms with Gasteiger partial charge in [0.2, 0.25) is 0 Å². The second-order valence-electron chi connectivity index (χ2n) is 7.67. The standard InChI is InChI=1S/C16H21NO3/c1-14-9-15-10-4-2-6-17(15)7-3-5-16(15,19)12(14)8-11(10)20-13(14)18/h3,5,10-12,19H,2,4,6-9H2,1H3/t10-,11-,12-,14?,15+,16+/m1/s1. The molecule has 0 aromatic carbocycles. The van der Waals surface area contributed by atoms with Gasteiger partial charge in [-0.25, -0.2) is 0 Å². The maximum atomic E-state index is 12.5. The molecule has 6 atom stereocenters. The molecular formula is C16H21NO3. The molecule has 2 aliphatic carbocycles. The zero-order valence-corrected chi connectivity index (χ0v) is 11.8. The molecular weight excluding hydrogens is 254 g/mol. The molecule has 0 aromatic heterocycles. The molecule has 3 aliphatic heterocycles. The van der Waals surface area contributed by atoms with Gasteiger partial charge in [-0.1, -0.05) is 12.2 Å². The van der Waals surface area contributed by atoms with Crippen molar-refractivity contribution in [3.05, 3.63) is 12.2 Å². The largest absolute Gasteiger partial charge is 0.462 e. The summed E-state index contributed by atoms with van der Waals surface area (Å²) < 4.78 is 5.79. The number of nitrogens with zero attached hydrogens (tertiary/aromatic N) is 1. The van der Waals surface area contributed by atoms with Crippen molar-refractivity contribution < 1.29 is 14.6 Å². The van der Waals surface area contributed by atoms with Crippen molar-refractivity contribution in [1.82, 2.24) is 4.90 Å².